The number of carbonyl (C=O) groups is 1. The van der Waals surface area contributed by atoms with E-state index in [1.165, 1.54) is 0 Å². The Morgan fingerprint density at radius 3 is 2.56 bits per heavy atom. The molecular formula is C25H26N4O3. The fraction of sp³-hybridized carbons (Fsp3) is 0.240. The molecule has 4 rings (SSSR count). The van der Waals surface area contributed by atoms with Gasteiger partial charge >= 0.3 is 0 Å². The third kappa shape index (κ3) is 5.06. The third-order valence-corrected chi connectivity index (χ3v) is 5.16. The van der Waals surface area contributed by atoms with Gasteiger partial charge in [0, 0.05) is 37.5 Å². The lowest BCUT2D eigenvalue weighted by Crippen LogP contribution is -2.26. The zero-order valence-electron chi connectivity index (χ0n) is 18.0. The molecule has 0 aliphatic rings. The van der Waals surface area contributed by atoms with Gasteiger partial charge in [-0.05, 0) is 42.8 Å². The number of hydrogen-bond acceptors (Lipinski definition) is 5. The van der Waals surface area contributed by atoms with E-state index < -0.39 is 0 Å². The summed E-state index contributed by atoms with van der Waals surface area (Å²) in [4.78, 5) is 21.0. The second-order valence-corrected chi connectivity index (χ2v) is 7.26. The molecule has 0 bridgehead atoms. The minimum Gasteiger partial charge on any atom is -0.493 e. The number of imidazole rings is 1. The Kier molecular flexibility index (Phi) is 6.97. The molecule has 32 heavy (non-hydrogen) atoms. The smallest absolute Gasteiger partial charge is 0.251 e. The van der Waals surface area contributed by atoms with Crippen molar-refractivity contribution in [2.75, 3.05) is 20.3 Å². The van der Waals surface area contributed by atoms with E-state index >= 15 is 0 Å². The molecule has 0 saturated carbocycles. The van der Waals surface area contributed by atoms with Crippen LogP contribution in [0.4, 0.5) is 0 Å². The third-order valence-electron chi connectivity index (χ3n) is 5.16. The van der Waals surface area contributed by atoms with Gasteiger partial charge in [0.15, 0.2) is 11.5 Å². The molecular weight excluding hydrogens is 404 g/mol. The lowest BCUT2D eigenvalue weighted by Gasteiger charge is -2.12. The van der Waals surface area contributed by atoms with E-state index in [1.54, 1.807) is 31.6 Å². The van der Waals surface area contributed by atoms with Gasteiger partial charge in [-0.15, -0.1) is 0 Å². The van der Waals surface area contributed by atoms with Crippen LogP contribution in [0, 0.1) is 0 Å². The van der Waals surface area contributed by atoms with Gasteiger partial charge in [-0.2, -0.15) is 0 Å². The van der Waals surface area contributed by atoms with Crippen molar-refractivity contribution in [3.8, 4) is 11.5 Å². The van der Waals surface area contributed by atoms with E-state index in [4.69, 9.17) is 14.5 Å². The molecule has 1 N–H and O–H groups in total. The van der Waals surface area contributed by atoms with Gasteiger partial charge < -0.3 is 19.4 Å². The normalized spacial score (nSPS) is 10.8. The number of nitrogens with zero attached hydrogens (tertiary/aromatic N) is 3. The number of amides is 1. The first-order chi connectivity index (χ1) is 15.8. The monoisotopic (exact) mass is 430 g/mol. The number of nitrogens with one attached hydrogen (secondary N) is 1. The van der Waals surface area contributed by atoms with Gasteiger partial charge in [-0.1, -0.05) is 24.3 Å². The number of aromatic nitrogens is 3. The molecule has 164 valence electrons. The highest BCUT2D eigenvalue weighted by Crippen LogP contribution is 2.26. The highest BCUT2D eigenvalue weighted by molar-refractivity contribution is 5.93. The maximum absolute atomic E-state index is 12.3. The number of hydrogen-bond donors (Lipinski definition) is 1. The first kappa shape index (κ1) is 21.4. The Labute approximate surface area is 187 Å². The summed E-state index contributed by atoms with van der Waals surface area (Å²) in [5, 5.41) is 2.96. The Hall–Kier alpha value is -3.87. The largest absolute Gasteiger partial charge is 0.493 e. The standard InChI is InChI=1S/C25H26N4O3/c1-31-22-9-4-5-10-23(22)32-18-6-17-29-21-8-3-2-7-20(21)28-24(29)13-16-27-25(30)19-11-14-26-15-12-19/h2-5,7-12,14-15H,6,13,16-18H2,1H3,(H,27,30). The fourth-order valence-corrected chi connectivity index (χ4v) is 3.60. The minimum absolute atomic E-state index is 0.111. The molecule has 0 atom stereocenters. The summed E-state index contributed by atoms with van der Waals surface area (Å²) in [6.45, 7) is 1.83. The average Bonchev–Trinajstić information content (AvgIpc) is 3.19. The van der Waals surface area contributed by atoms with E-state index in [-0.39, 0.29) is 5.91 Å². The van der Waals surface area contributed by atoms with Crippen molar-refractivity contribution < 1.29 is 14.3 Å². The first-order valence-electron chi connectivity index (χ1n) is 10.6. The molecule has 1 amide bonds. The summed E-state index contributed by atoms with van der Waals surface area (Å²) in [6, 6.07) is 19.1. The molecule has 0 aliphatic heterocycles. The topological polar surface area (TPSA) is 78.3 Å². The molecule has 7 heteroatoms. The number of benzene rings is 2. The summed E-state index contributed by atoms with van der Waals surface area (Å²) in [5.74, 6) is 2.30. The summed E-state index contributed by atoms with van der Waals surface area (Å²) >= 11 is 0. The van der Waals surface area contributed by atoms with Crippen molar-refractivity contribution in [1.29, 1.82) is 0 Å². The second kappa shape index (κ2) is 10.4. The van der Waals surface area contributed by atoms with Crippen LogP contribution in [0.15, 0.2) is 73.1 Å². The summed E-state index contributed by atoms with van der Waals surface area (Å²) < 4.78 is 13.5. The van der Waals surface area contributed by atoms with Crippen LogP contribution in [0.5, 0.6) is 11.5 Å². The Morgan fingerprint density at radius 2 is 1.75 bits per heavy atom. The molecule has 0 radical (unpaired) electrons. The van der Waals surface area contributed by atoms with Crippen molar-refractivity contribution in [1.82, 2.24) is 19.9 Å². The number of methoxy groups -OCH3 is 1. The minimum atomic E-state index is -0.111. The fourth-order valence-electron chi connectivity index (χ4n) is 3.60. The predicted molar refractivity (Wildman–Crippen MR) is 123 cm³/mol. The van der Waals surface area contributed by atoms with E-state index in [9.17, 15) is 4.79 Å². The number of fused-ring (bicyclic) bond motifs is 1. The molecule has 0 unspecified atom stereocenters. The van der Waals surface area contributed by atoms with Crippen LogP contribution in [-0.2, 0) is 13.0 Å². The van der Waals surface area contributed by atoms with Crippen molar-refractivity contribution in [2.45, 2.75) is 19.4 Å². The first-order valence-corrected chi connectivity index (χ1v) is 10.6. The van der Waals surface area contributed by atoms with Crippen LogP contribution < -0.4 is 14.8 Å². The number of carbonyl (C=O) groups excluding carboxylic acids is 1. The van der Waals surface area contributed by atoms with Crippen LogP contribution in [0.25, 0.3) is 11.0 Å². The molecule has 0 aliphatic carbocycles. The Morgan fingerprint density at radius 1 is 1.00 bits per heavy atom. The average molecular weight is 431 g/mol. The van der Waals surface area contributed by atoms with Crippen molar-refractivity contribution >= 4 is 16.9 Å². The van der Waals surface area contributed by atoms with Gasteiger partial charge in [-0.3, -0.25) is 9.78 Å². The summed E-state index contributed by atoms with van der Waals surface area (Å²) in [6.07, 6.45) is 4.68. The molecule has 0 saturated heterocycles. The van der Waals surface area contributed by atoms with E-state index in [2.05, 4.69) is 20.9 Å². The lowest BCUT2D eigenvalue weighted by molar-refractivity contribution is 0.0954. The zero-order valence-corrected chi connectivity index (χ0v) is 18.0. The molecule has 4 aromatic rings. The highest BCUT2D eigenvalue weighted by Gasteiger charge is 2.12. The van der Waals surface area contributed by atoms with Gasteiger partial charge in [0.05, 0.1) is 24.8 Å². The van der Waals surface area contributed by atoms with Crippen LogP contribution in [-0.4, -0.2) is 40.7 Å². The molecule has 2 aromatic carbocycles. The van der Waals surface area contributed by atoms with Crippen molar-refractivity contribution in [3.63, 3.8) is 0 Å². The van der Waals surface area contributed by atoms with Gasteiger partial charge in [-0.25, -0.2) is 4.98 Å². The van der Waals surface area contributed by atoms with Crippen LogP contribution in [0.1, 0.15) is 22.6 Å². The van der Waals surface area contributed by atoms with Crippen molar-refractivity contribution in [3.05, 3.63) is 84.4 Å². The number of ether oxygens (including phenoxy) is 2. The Balaban J connectivity index is 1.38. The summed E-state index contributed by atoms with van der Waals surface area (Å²) in [7, 11) is 1.64. The van der Waals surface area contributed by atoms with E-state index in [0.29, 0.717) is 25.1 Å². The van der Waals surface area contributed by atoms with Crippen LogP contribution >= 0.6 is 0 Å². The van der Waals surface area contributed by atoms with Crippen LogP contribution in [0.3, 0.4) is 0 Å². The predicted octanol–water partition coefficient (Wildman–Crippen LogP) is 3.88. The maximum Gasteiger partial charge on any atom is 0.251 e. The van der Waals surface area contributed by atoms with E-state index in [0.717, 1.165) is 41.3 Å². The zero-order chi connectivity index (χ0) is 22.2. The summed E-state index contributed by atoms with van der Waals surface area (Å²) in [5.41, 5.74) is 2.64. The SMILES string of the molecule is COc1ccccc1OCCCn1c(CCNC(=O)c2ccncc2)nc2ccccc21. The molecule has 2 aromatic heterocycles. The number of aryl methyl sites for hydroxylation is 1. The second-order valence-electron chi connectivity index (χ2n) is 7.26. The maximum atomic E-state index is 12.3. The van der Waals surface area contributed by atoms with Crippen molar-refractivity contribution in [2.24, 2.45) is 0 Å². The molecule has 2 heterocycles. The highest BCUT2D eigenvalue weighted by atomic mass is 16.5. The van der Waals surface area contributed by atoms with Gasteiger partial charge in [0.2, 0.25) is 0 Å². The van der Waals surface area contributed by atoms with Gasteiger partial charge in [0.1, 0.15) is 5.82 Å². The van der Waals surface area contributed by atoms with Crippen LogP contribution in [0.2, 0.25) is 0 Å². The van der Waals surface area contributed by atoms with E-state index in [1.807, 2.05) is 42.5 Å². The Bertz CT molecular complexity index is 1170. The number of rotatable bonds is 10. The quantitative estimate of drug-likeness (QED) is 0.386. The number of pyridine rings is 1. The molecule has 0 spiro atoms. The molecule has 7 nitrogen and oxygen atoms in total. The lowest BCUT2D eigenvalue weighted by atomic mass is 10.2. The van der Waals surface area contributed by atoms with Gasteiger partial charge in [0.25, 0.3) is 5.91 Å². The number of para-hydroxylation sites is 4. The molecule has 0 fully saturated rings.